The van der Waals surface area contributed by atoms with Gasteiger partial charge in [-0.2, -0.15) is 0 Å². The second-order valence-corrected chi connectivity index (χ2v) is 21.9. The molecule has 342 valence electrons. The van der Waals surface area contributed by atoms with Crippen LogP contribution < -0.4 is 0 Å². The molecule has 0 nitrogen and oxygen atoms in total. The summed E-state index contributed by atoms with van der Waals surface area (Å²) in [5.74, 6) is 6.44. The molecule has 0 amide bonds. The maximum atomic E-state index is 2.37. The highest BCUT2D eigenvalue weighted by Crippen LogP contribution is 2.31. The highest BCUT2D eigenvalue weighted by Gasteiger charge is 2.22. The smallest absolute Gasteiger partial charge is 0.0219 e. The predicted molar refractivity (Wildman–Crippen MR) is 278 cm³/mol. The van der Waals surface area contributed by atoms with Crippen LogP contribution in [0.5, 0.6) is 0 Å². The van der Waals surface area contributed by atoms with Gasteiger partial charge in [0.1, 0.15) is 0 Å². The van der Waals surface area contributed by atoms with Crippen LogP contribution in [0.4, 0.5) is 0 Å². The molecule has 0 spiro atoms. The van der Waals surface area contributed by atoms with E-state index in [2.05, 4.69) is 229 Å². The highest BCUT2D eigenvalue weighted by molar-refractivity contribution is 5.28. The normalized spacial score (nSPS) is 12.2. The number of aryl methyl sites for hydroxylation is 1. The molecule has 0 aliphatic carbocycles. The molecule has 0 heteroatoms. The Morgan fingerprint density at radius 2 is 0.836 bits per heavy atom. The minimum absolute atomic E-state index is 0.385. The fraction of sp³-hybridized carbons (Fsp3) is 0.607. The number of unbranched alkanes of at least 4 members (excludes halogenated alkanes) is 2. The first-order valence-corrected chi connectivity index (χ1v) is 24.9. The molecule has 0 aliphatic rings. The molecule has 0 fully saturated rings. The van der Waals surface area contributed by atoms with Gasteiger partial charge >= 0.3 is 0 Å². The largest absolute Gasteiger partial charge is 0.0628 e. The van der Waals surface area contributed by atoms with E-state index in [0.29, 0.717) is 29.1 Å². The summed E-state index contributed by atoms with van der Waals surface area (Å²) in [5, 5.41) is 0. The van der Waals surface area contributed by atoms with E-state index >= 15 is 0 Å². The summed E-state index contributed by atoms with van der Waals surface area (Å²) in [5.41, 5.74) is 12.1. The third-order valence-corrected chi connectivity index (χ3v) is 12.8. The van der Waals surface area contributed by atoms with Crippen LogP contribution in [0.3, 0.4) is 0 Å². The average molecular weight is 831 g/mol. The minimum atomic E-state index is 0.385. The summed E-state index contributed by atoms with van der Waals surface area (Å²) in [6, 6.07) is 36.3. The molecule has 0 heterocycles. The lowest BCUT2D eigenvalue weighted by Crippen LogP contribution is -2.22. The first kappa shape index (κ1) is 55.9. The van der Waals surface area contributed by atoms with Crippen molar-refractivity contribution in [1.82, 2.24) is 0 Å². The summed E-state index contributed by atoms with van der Waals surface area (Å²) < 4.78 is 0. The Labute approximate surface area is 381 Å². The third-order valence-electron chi connectivity index (χ3n) is 12.8. The van der Waals surface area contributed by atoms with Crippen LogP contribution in [-0.2, 0) is 25.7 Å². The Balaban J connectivity index is 0.000000408. The SMILES string of the molecule is CC(C)CCCCCc1ccc(C(C)C)cc1.CC(C)Cc1ccc(C(C)C)cc1.CC(C)c1cccc(CC(C)(C)C(C)C)c1.CC(C)c1cccc(CC(C)C(C)C)c1. The van der Waals surface area contributed by atoms with Crippen LogP contribution in [0.2, 0.25) is 0 Å². The molecule has 1 atom stereocenters. The molecule has 0 aliphatic heterocycles. The van der Waals surface area contributed by atoms with E-state index in [1.165, 1.54) is 95.9 Å². The first-order valence-electron chi connectivity index (χ1n) is 24.9. The van der Waals surface area contributed by atoms with Crippen molar-refractivity contribution in [3.8, 4) is 0 Å². The summed E-state index contributed by atoms with van der Waals surface area (Å²) in [7, 11) is 0. The van der Waals surface area contributed by atoms with Gasteiger partial charge in [0.25, 0.3) is 0 Å². The van der Waals surface area contributed by atoms with Gasteiger partial charge in [0, 0.05) is 0 Å². The molecular formula is C61H98. The van der Waals surface area contributed by atoms with Crippen LogP contribution in [0.15, 0.2) is 97.1 Å². The van der Waals surface area contributed by atoms with Gasteiger partial charge in [-0.15, -0.1) is 0 Å². The monoisotopic (exact) mass is 831 g/mol. The topological polar surface area (TPSA) is 0 Å². The molecule has 61 heavy (non-hydrogen) atoms. The van der Waals surface area contributed by atoms with Crippen LogP contribution in [0.25, 0.3) is 0 Å². The average Bonchev–Trinajstić information content (AvgIpc) is 3.18. The maximum Gasteiger partial charge on any atom is -0.0219 e. The van der Waals surface area contributed by atoms with Crippen molar-refractivity contribution in [2.45, 2.75) is 207 Å². The van der Waals surface area contributed by atoms with Crippen molar-refractivity contribution in [2.75, 3.05) is 0 Å². The van der Waals surface area contributed by atoms with Gasteiger partial charge in [0.2, 0.25) is 0 Å². The molecule has 1 unspecified atom stereocenters. The molecule has 0 bridgehead atoms. The summed E-state index contributed by atoms with van der Waals surface area (Å²) in [6.45, 7) is 43.4. The zero-order valence-electron chi connectivity index (χ0n) is 43.6. The first-order chi connectivity index (χ1) is 28.5. The van der Waals surface area contributed by atoms with Crippen molar-refractivity contribution in [3.63, 3.8) is 0 Å². The number of hydrogen-bond acceptors (Lipinski definition) is 0. The fourth-order valence-corrected chi connectivity index (χ4v) is 7.12. The quantitative estimate of drug-likeness (QED) is 0.0877. The van der Waals surface area contributed by atoms with E-state index < -0.39 is 0 Å². The van der Waals surface area contributed by atoms with Crippen molar-refractivity contribution >= 4 is 0 Å². The number of hydrogen-bond donors (Lipinski definition) is 0. The standard InChI is InChI=1S/C17H28.C16H26.C15H24.C13H20/c1-14(2)8-6-5-7-9-16-10-12-17(13-11-16)15(3)4;1-12(2)15-9-7-8-14(10-15)11-16(5,6)13(3)4;1-11(2)13(5)9-14-7-6-8-15(10-14)12(3)4;1-10(2)9-12-5-7-13(8-6-12)11(3)4/h10-15H,5-9H2,1-4H3;7-10,12-13H,11H2,1-6H3;6-8,10-13H,9H2,1-5H3;5-8,10-11H,9H2,1-4H3. The van der Waals surface area contributed by atoms with E-state index in [1.807, 2.05) is 0 Å². The Bertz CT molecular complexity index is 1670. The van der Waals surface area contributed by atoms with Gasteiger partial charge in [-0.3, -0.25) is 0 Å². The molecule has 0 N–H and O–H groups in total. The Kier molecular flexibility index (Phi) is 26.8. The van der Waals surface area contributed by atoms with E-state index in [-0.39, 0.29) is 0 Å². The molecular weight excluding hydrogens is 733 g/mol. The predicted octanol–water partition coefficient (Wildman–Crippen LogP) is 19.3. The molecule has 4 aromatic carbocycles. The Hall–Kier alpha value is -3.12. The van der Waals surface area contributed by atoms with Crippen LogP contribution >= 0.6 is 0 Å². The van der Waals surface area contributed by atoms with Crippen LogP contribution in [0, 0.1) is 35.0 Å². The molecule has 0 aromatic heterocycles. The minimum Gasteiger partial charge on any atom is -0.0628 e. The zero-order chi connectivity index (χ0) is 46.3. The maximum absolute atomic E-state index is 2.37. The van der Waals surface area contributed by atoms with Gasteiger partial charge in [-0.05, 0) is 135 Å². The van der Waals surface area contributed by atoms with E-state index in [4.69, 9.17) is 0 Å². The summed E-state index contributed by atoms with van der Waals surface area (Å²) >= 11 is 0. The van der Waals surface area contributed by atoms with Crippen LogP contribution in [-0.4, -0.2) is 0 Å². The highest BCUT2D eigenvalue weighted by atomic mass is 14.3. The van der Waals surface area contributed by atoms with Crippen LogP contribution in [0.1, 0.15) is 225 Å². The van der Waals surface area contributed by atoms with Gasteiger partial charge in [-0.25, -0.2) is 0 Å². The zero-order valence-corrected chi connectivity index (χ0v) is 43.6. The summed E-state index contributed by atoms with van der Waals surface area (Å²) in [6.07, 6.45) is 10.3. The van der Waals surface area contributed by atoms with Gasteiger partial charge in [0.05, 0.1) is 0 Å². The van der Waals surface area contributed by atoms with Gasteiger partial charge in [0.15, 0.2) is 0 Å². The molecule has 0 saturated heterocycles. The Morgan fingerprint density at radius 3 is 1.25 bits per heavy atom. The van der Waals surface area contributed by atoms with E-state index in [1.54, 1.807) is 0 Å². The Morgan fingerprint density at radius 1 is 0.393 bits per heavy atom. The van der Waals surface area contributed by atoms with Crippen molar-refractivity contribution in [1.29, 1.82) is 0 Å². The second kappa shape index (κ2) is 29.3. The van der Waals surface area contributed by atoms with E-state index in [9.17, 15) is 0 Å². The van der Waals surface area contributed by atoms with Crippen molar-refractivity contribution < 1.29 is 0 Å². The molecule has 4 aromatic rings. The second-order valence-electron chi connectivity index (χ2n) is 21.9. The number of rotatable bonds is 18. The molecule has 0 saturated carbocycles. The van der Waals surface area contributed by atoms with Crippen molar-refractivity contribution in [2.24, 2.45) is 35.0 Å². The lowest BCUT2D eigenvalue weighted by molar-refractivity contribution is 0.248. The summed E-state index contributed by atoms with van der Waals surface area (Å²) in [4.78, 5) is 0. The number of benzene rings is 4. The fourth-order valence-electron chi connectivity index (χ4n) is 7.12. The molecule has 4 rings (SSSR count). The van der Waals surface area contributed by atoms with Crippen molar-refractivity contribution in [3.05, 3.63) is 142 Å². The lowest BCUT2D eigenvalue weighted by atomic mass is 9.76. The third kappa shape index (κ3) is 24.3. The van der Waals surface area contributed by atoms with E-state index in [0.717, 1.165) is 29.6 Å². The van der Waals surface area contributed by atoms with Gasteiger partial charge < -0.3 is 0 Å². The molecule has 0 radical (unpaired) electrons. The van der Waals surface area contributed by atoms with Gasteiger partial charge in [-0.1, -0.05) is 248 Å². The lowest BCUT2D eigenvalue weighted by Gasteiger charge is -2.29.